The number of ether oxygens (including phenoxy) is 1. The van der Waals surface area contributed by atoms with Crippen molar-refractivity contribution in [3.05, 3.63) is 0 Å². The predicted octanol–water partition coefficient (Wildman–Crippen LogP) is 4.53. The molecule has 1 aliphatic carbocycles. The molecule has 0 atom stereocenters. The Morgan fingerprint density at radius 2 is 1.63 bits per heavy atom. The highest BCUT2D eigenvalue weighted by Crippen LogP contribution is 2.22. The van der Waals surface area contributed by atoms with Crippen LogP contribution in [0.2, 0.25) is 0 Å². The van der Waals surface area contributed by atoms with Crippen LogP contribution in [-0.4, -0.2) is 26.3 Å². The van der Waals surface area contributed by atoms with Gasteiger partial charge in [0.15, 0.2) is 0 Å². The zero-order valence-corrected chi connectivity index (χ0v) is 13.1. The summed E-state index contributed by atoms with van der Waals surface area (Å²) in [5, 5.41) is 3.55. The first-order valence-corrected chi connectivity index (χ1v) is 8.72. The highest BCUT2D eigenvalue weighted by Gasteiger charge is 2.12. The van der Waals surface area contributed by atoms with Crippen LogP contribution >= 0.6 is 0 Å². The number of hydrogen-bond donors (Lipinski definition) is 1. The van der Waals surface area contributed by atoms with E-state index in [4.69, 9.17) is 4.74 Å². The first-order chi connectivity index (χ1) is 9.43. The molecule has 1 N–H and O–H groups in total. The molecule has 1 fully saturated rings. The van der Waals surface area contributed by atoms with Crippen molar-refractivity contribution >= 4 is 0 Å². The van der Waals surface area contributed by atoms with Gasteiger partial charge in [0.2, 0.25) is 0 Å². The first kappa shape index (κ1) is 17.0. The van der Waals surface area contributed by atoms with E-state index >= 15 is 0 Å². The zero-order chi connectivity index (χ0) is 13.6. The standard InChI is InChI=1S/C17H35NO/c1-2-3-4-5-6-10-14-19-15-13-18-16-17-11-8-7-9-12-17/h17-18H,2-16H2,1H3. The average Bonchev–Trinajstić information content (AvgIpc) is 2.46. The van der Waals surface area contributed by atoms with Crippen LogP contribution in [0.4, 0.5) is 0 Å². The molecule has 2 nitrogen and oxygen atoms in total. The highest BCUT2D eigenvalue weighted by atomic mass is 16.5. The Hall–Kier alpha value is -0.0800. The molecule has 1 aliphatic rings. The lowest BCUT2D eigenvalue weighted by Crippen LogP contribution is -2.27. The second-order valence-electron chi connectivity index (χ2n) is 6.09. The number of unbranched alkanes of at least 4 members (excludes halogenated alkanes) is 5. The Labute approximate surface area is 120 Å². The van der Waals surface area contributed by atoms with Crippen molar-refractivity contribution in [2.24, 2.45) is 5.92 Å². The Balaban J connectivity index is 1.71. The summed E-state index contributed by atoms with van der Waals surface area (Å²) in [6.07, 6.45) is 15.3. The van der Waals surface area contributed by atoms with Crippen LogP contribution in [0.25, 0.3) is 0 Å². The maximum absolute atomic E-state index is 5.67. The Morgan fingerprint density at radius 3 is 2.42 bits per heavy atom. The smallest absolute Gasteiger partial charge is 0.0590 e. The molecule has 2 heteroatoms. The third-order valence-electron chi connectivity index (χ3n) is 4.22. The van der Waals surface area contributed by atoms with Crippen molar-refractivity contribution in [2.75, 3.05) is 26.3 Å². The summed E-state index contributed by atoms with van der Waals surface area (Å²) in [4.78, 5) is 0. The van der Waals surface area contributed by atoms with Gasteiger partial charge in [0.25, 0.3) is 0 Å². The van der Waals surface area contributed by atoms with Gasteiger partial charge in [0, 0.05) is 13.2 Å². The summed E-state index contributed by atoms with van der Waals surface area (Å²) in [7, 11) is 0. The van der Waals surface area contributed by atoms with Gasteiger partial charge in [-0.1, -0.05) is 58.3 Å². The fourth-order valence-electron chi connectivity index (χ4n) is 2.93. The maximum atomic E-state index is 5.67. The minimum atomic E-state index is 0.891. The van der Waals surface area contributed by atoms with E-state index < -0.39 is 0 Å². The molecule has 0 aromatic carbocycles. The Morgan fingerprint density at radius 1 is 0.895 bits per heavy atom. The van der Waals surface area contributed by atoms with Crippen LogP contribution in [0.1, 0.15) is 77.6 Å². The van der Waals surface area contributed by atoms with Crippen LogP contribution in [0.3, 0.4) is 0 Å². The molecular formula is C17H35NO. The Kier molecular flexibility index (Phi) is 11.5. The predicted molar refractivity (Wildman–Crippen MR) is 83.6 cm³/mol. The van der Waals surface area contributed by atoms with Gasteiger partial charge in [-0.05, 0) is 31.7 Å². The van der Waals surface area contributed by atoms with Gasteiger partial charge in [-0.25, -0.2) is 0 Å². The number of rotatable bonds is 12. The fourth-order valence-corrected chi connectivity index (χ4v) is 2.93. The van der Waals surface area contributed by atoms with Gasteiger partial charge in [-0.15, -0.1) is 0 Å². The van der Waals surface area contributed by atoms with Gasteiger partial charge in [-0.3, -0.25) is 0 Å². The molecule has 19 heavy (non-hydrogen) atoms. The minimum Gasteiger partial charge on any atom is -0.380 e. The maximum Gasteiger partial charge on any atom is 0.0590 e. The van der Waals surface area contributed by atoms with Gasteiger partial charge >= 0.3 is 0 Å². The van der Waals surface area contributed by atoms with E-state index in [1.807, 2.05) is 0 Å². The number of nitrogens with one attached hydrogen (secondary N) is 1. The van der Waals surface area contributed by atoms with E-state index in [-0.39, 0.29) is 0 Å². The second kappa shape index (κ2) is 12.9. The summed E-state index contributed by atoms with van der Waals surface area (Å²) in [6.45, 7) is 6.36. The number of hydrogen-bond acceptors (Lipinski definition) is 2. The van der Waals surface area contributed by atoms with Crippen LogP contribution in [-0.2, 0) is 4.74 Å². The van der Waals surface area contributed by atoms with E-state index in [1.54, 1.807) is 0 Å². The quantitative estimate of drug-likeness (QED) is 0.525. The molecule has 0 aliphatic heterocycles. The molecule has 0 heterocycles. The largest absolute Gasteiger partial charge is 0.380 e. The molecule has 0 radical (unpaired) electrons. The van der Waals surface area contributed by atoms with E-state index in [0.29, 0.717) is 0 Å². The van der Waals surface area contributed by atoms with Crippen molar-refractivity contribution in [3.63, 3.8) is 0 Å². The van der Waals surface area contributed by atoms with Crippen molar-refractivity contribution < 1.29 is 4.74 Å². The lowest BCUT2D eigenvalue weighted by Gasteiger charge is -2.21. The molecule has 0 unspecified atom stereocenters. The van der Waals surface area contributed by atoms with E-state index in [1.165, 1.54) is 77.2 Å². The highest BCUT2D eigenvalue weighted by molar-refractivity contribution is 4.67. The summed E-state index contributed by atoms with van der Waals surface area (Å²) in [5.74, 6) is 0.937. The topological polar surface area (TPSA) is 21.3 Å². The van der Waals surface area contributed by atoms with Crippen molar-refractivity contribution in [2.45, 2.75) is 77.6 Å². The molecule has 0 saturated heterocycles. The van der Waals surface area contributed by atoms with Gasteiger partial charge < -0.3 is 10.1 Å². The molecule has 0 aromatic rings. The summed E-state index contributed by atoms with van der Waals surface area (Å²) >= 11 is 0. The molecule has 1 rings (SSSR count). The SMILES string of the molecule is CCCCCCCCOCCNCC1CCCCC1. The average molecular weight is 269 g/mol. The third-order valence-corrected chi connectivity index (χ3v) is 4.22. The van der Waals surface area contributed by atoms with Crippen LogP contribution in [0.15, 0.2) is 0 Å². The van der Waals surface area contributed by atoms with Crippen LogP contribution in [0.5, 0.6) is 0 Å². The van der Waals surface area contributed by atoms with E-state index in [9.17, 15) is 0 Å². The summed E-state index contributed by atoms with van der Waals surface area (Å²) < 4.78 is 5.67. The Bertz CT molecular complexity index is 178. The molecule has 0 bridgehead atoms. The second-order valence-corrected chi connectivity index (χ2v) is 6.09. The van der Waals surface area contributed by atoms with Crippen LogP contribution < -0.4 is 5.32 Å². The van der Waals surface area contributed by atoms with E-state index in [2.05, 4.69) is 12.2 Å². The van der Waals surface area contributed by atoms with E-state index in [0.717, 1.165) is 25.7 Å². The summed E-state index contributed by atoms with van der Waals surface area (Å²) in [6, 6.07) is 0. The zero-order valence-electron chi connectivity index (χ0n) is 13.1. The van der Waals surface area contributed by atoms with Gasteiger partial charge in [-0.2, -0.15) is 0 Å². The lowest BCUT2D eigenvalue weighted by atomic mass is 9.89. The molecule has 0 spiro atoms. The third kappa shape index (κ3) is 10.4. The van der Waals surface area contributed by atoms with Crippen molar-refractivity contribution in [1.82, 2.24) is 5.32 Å². The van der Waals surface area contributed by atoms with Gasteiger partial charge in [0.05, 0.1) is 6.61 Å². The summed E-state index contributed by atoms with van der Waals surface area (Å²) in [5.41, 5.74) is 0. The normalized spacial score (nSPS) is 16.9. The molecule has 0 aromatic heterocycles. The molecule has 1 saturated carbocycles. The van der Waals surface area contributed by atoms with Gasteiger partial charge in [0.1, 0.15) is 0 Å². The van der Waals surface area contributed by atoms with Crippen molar-refractivity contribution in [3.8, 4) is 0 Å². The van der Waals surface area contributed by atoms with Crippen molar-refractivity contribution in [1.29, 1.82) is 0 Å². The molecule has 0 amide bonds. The van der Waals surface area contributed by atoms with Crippen LogP contribution in [0, 0.1) is 5.92 Å². The fraction of sp³-hybridized carbons (Fsp3) is 1.00. The first-order valence-electron chi connectivity index (χ1n) is 8.72. The monoisotopic (exact) mass is 269 g/mol. The minimum absolute atomic E-state index is 0.891. The molecule has 114 valence electrons. The molecular weight excluding hydrogens is 234 g/mol. The lowest BCUT2D eigenvalue weighted by molar-refractivity contribution is 0.130.